The Hall–Kier alpha value is -0.780. The van der Waals surface area contributed by atoms with E-state index in [0.29, 0.717) is 32.4 Å². The third-order valence-corrected chi connectivity index (χ3v) is 5.45. The van der Waals surface area contributed by atoms with Gasteiger partial charge in [-0.2, -0.15) is 0 Å². The lowest BCUT2D eigenvalue weighted by atomic mass is 10.0. The zero-order valence-corrected chi connectivity index (χ0v) is 11.8. The molecule has 2 rings (SSSR count). The summed E-state index contributed by atoms with van der Waals surface area (Å²) in [6.45, 7) is 0. The van der Waals surface area contributed by atoms with Crippen LogP contribution < -0.4 is 14.2 Å². The van der Waals surface area contributed by atoms with Gasteiger partial charge in [0.05, 0.1) is 21.3 Å². The molecule has 4 heteroatoms. The van der Waals surface area contributed by atoms with Crippen molar-refractivity contribution in [3.05, 3.63) is 17.7 Å². The Bertz CT molecular complexity index is 390. The van der Waals surface area contributed by atoms with Crippen LogP contribution in [0, 0.1) is 0 Å². The molecule has 0 aromatic heterocycles. The highest BCUT2D eigenvalue weighted by Crippen LogP contribution is 2.41. The van der Waals surface area contributed by atoms with Crippen molar-refractivity contribution in [2.75, 3.05) is 25.8 Å². The molecule has 0 bridgehead atoms. The molecule has 0 saturated carbocycles. The maximum Gasteiger partial charge on any atom is 0.203 e. The minimum absolute atomic E-state index is 0.347. The second kappa shape index (κ2) is 5.03. The van der Waals surface area contributed by atoms with Gasteiger partial charge in [-0.25, -0.2) is 0 Å². The Labute approximate surface area is 105 Å². The van der Waals surface area contributed by atoms with E-state index in [2.05, 4.69) is 4.01 Å². The molecular formula is C12H15IO3. The lowest BCUT2D eigenvalue weighted by molar-refractivity contribution is 0.324. The second-order valence-corrected chi connectivity index (χ2v) is 5.98. The van der Waals surface area contributed by atoms with Crippen LogP contribution in [-0.2, 0) is 0 Å². The smallest absolute Gasteiger partial charge is 0.203 e. The monoisotopic (exact) mass is 334 g/mol. The molecule has 0 amide bonds. The number of rotatable bonds is 4. The van der Waals surface area contributed by atoms with Gasteiger partial charge >= 0.3 is 0 Å². The summed E-state index contributed by atoms with van der Waals surface area (Å²) < 4.78 is 19.7. The summed E-state index contributed by atoms with van der Waals surface area (Å²) in [6, 6.07) is 4.09. The van der Waals surface area contributed by atoms with Gasteiger partial charge in [-0.1, -0.05) is 0 Å². The maximum absolute atomic E-state index is 5.33. The third-order valence-electron chi connectivity index (χ3n) is 2.61. The van der Waals surface area contributed by atoms with E-state index in [0.717, 1.165) is 11.5 Å². The number of ether oxygens (including phenoxy) is 3. The van der Waals surface area contributed by atoms with Crippen LogP contribution in [0.1, 0.15) is 11.5 Å². The van der Waals surface area contributed by atoms with E-state index in [1.54, 1.807) is 21.3 Å². The Balaban J connectivity index is 2.45. The number of benzene rings is 1. The first-order chi connectivity index (χ1) is 7.80. The third kappa shape index (κ3) is 2.03. The van der Waals surface area contributed by atoms with Gasteiger partial charge in [-0.3, -0.25) is 0 Å². The van der Waals surface area contributed by atoms with Crippen LogP contribution in [0.3, 0.4) is 0 Å². The summed E-state index contributed by atoms with van der Waals surface area (Å²) in [7, 11) is 4.93. The Morgan fingerprint density at radius 1 is 1.06 bits per heavy atom. The van der Waals surface area contributed by atoms with Gasteiger partial charge in [-0.15, -0.1) is 20.7 Å². The fourth-order valence-corrected chi connectivity index (χ4v) is 3.60. The van der Waals surface area contributed by atoms with E-state index in [-0.39, 0.29) is 0 Å². The molecule has 0 spiro atoms. The standard InChI is InChI=1S/C12H15IO3/c1-14-10-4-8(9-6-13-7-9)5-11(15-2)12(10)16-3/h4-6,9H,7H2,1-3H3. The predicted octanol–water partition coefficient (Wildman–Crippen LogP) is 2.58. The van der Waals surface area contributed by atoms with E-state index >= 15 is 0 Å². The molecule has 1 aromatic rings. The summed E-state index contributed by atoms with van der Waals surface area (Å²) in [6.07, 6.45) is 0. The van der Waals surface area contributed by atoms with Crippen LogP contribution in [0.25, 0.3) is 0 Å². The zero-order chi connectivity index (χ0) is 11.5. The molecule has 1 aliphatic rings. The van der Waals surface area contributed by atoms with Gasteiger partial charge in [0, 0.05) is 10.3 Å². The van der Waals surface area contributed by atoms with Gasteiger partial charge in [0.15, 0.2) is 11.5 Å². The van der Waals surface area contributed by atoms with E-state index < -0.39 is 0 Å². The van der Waals surface area contributed by atoms with Crippen molar-refractivity contribution >= 4 is 24.7 Å². The van der Waals surface area contributed by atoms with Gasteiger partial charge < -0.3 is 14.2 Å². The highest BCUT2D eigenvalue weighted by molar-refractivity contribution is 14.2. The number of alkyl halides is 1. The van der Waals surface area contributed by atoms with Crippen LogP contribution in [0.4, 0.5) is 0 Å². The fourth-order valence-electron chi connectivity index (χ4n) is 1.66. The molecule has 1 aliphatic heterocycles. The van der Waals surface area contributed by atoms with E-state index in [1.807, 2.05) is 12.1 Å². The lowest BCUT2D eigenvalue weighted by Gasteiger charge is -2.20. The van der Waals surface area contributed by atoms with Gasteiger partial charge in [0.1, 0.15) is 0 Å². The van der Waals surface area contributed by atoms with E-state index in [9.17, 15) is 0 Å². The second-order valence-electron chi connectivity index (χ2n) is 3.50. The first-order valence-electron chi connectivity index (χ1n) is 5.01. The summed E-state index contributed by atoms with van der Waals surface area (Å²) in [5.74, 6) is 2.75. The minimum atomic E-state index is 0.347. The summed E-state index contributed by atoms with van der Waals surface area (Å²) >= 11 is 0.347. The normalized spacial score (nSPS) is 18.3. The zero-order valence-electron chi connectivity index (χ0n) is 9.62. The summed E-state index contributed by atoms with van der Waals surface area (Å²) in [5.41, 5.74) is 1.26. The first-order valence-corrected chi connectivity index (χ1v) is 7.78. The largest absolute Gasteiger partial charge is 0.493 e. The Morgan fingerprint density at radius 2 is 1.62 bits per heavy atom. The first kappa shape index (κ1) is 11.7. The Kier molecular flexibility index (Phi) is 3.68. The number of hydrogen-bond donors (Lipinski definition) is 0. The topological polar surface area (TPSA) is 27.7 Å². The van der Waals surface area contributed by atoms with Crippen molar-refractivity contribution in [3.8, 4) is 17.2 Å². The maximum atomic E-state index is 5.33. The molecule has 1 atom stereocenters. The average molecular weight is 334 g/mol. The molecular weight excluding hydrogens is 319 g/mol. The summed E-state index contributed by atoms with van der Waals surface area (Å²) in [4.78, 5) is 0. The molecule has 88 valence electrons. The van der Waals surface area contributed by atoms with Crippen LogP contribution in [0.5, 0.6) is 17.2 Å². The van der Waals surface area contributed by atoms with Crippen molar-refractivity contribution < 1.29 is 14.2 Å². The molecule has 0 fully saturated rings. The minimum Gasteiger partial charge on any atom is -0.493 e. The molecule has 0 radical (unpaired) electrons. The molecule has 1 unspecified atom stereocenters. The van der Waals surface area contributed by atoms with Crippen molar-refractivity contribution in [2.24, 2.45) is 0 Å². The van der Waals surface area contributed by atoms with Crippen molar-refractivity contribution in [1.82, 2.24) is 0 Å². The molecule has 1 aromatic carbocycles. The molecule has 0 N–H and O–H groups in total. The number of halogens is 1. The summed E-state index contributed by atoms with van der Waals surface area (Å²) in [5, 5.41) is 0. The average Bonchev–Trinajstić information content (AvgIpc) is 2.25. The Morgan fingerprint density at radius 3 is 1.94 bits per heavy atom. The highest BCUT2D eigenvalue weighted by Gasteiger charge is 2.19. The van der Waals surface area contributed by atoms with Crippen LogP contribution in [0.15, 0.2) is 12.1 Å². The highest BCUT2D eigenvalue weighted by atomic mass is 127. The molecule has 0 aliphatic carbocycles. The van der Waals surface area contributed by atoms with E-state index in [4.69, 9.17) is 14.2 Å². The number of methoxy groups -OCH3 is 3. The molecule has 3 nitrogen and oxygen atoms in total. The van der Waals surface area contributed by atoms with Gasteiger partial charge in [-0.05, 0) is 21.7 Å². The fraction of sp³-hybridized carbons (Fsp3) is 0.417. The molecule has 1 heterocycles. The molecule has 0 saturated heterocycles. The number of hydrogen-bond acceptors (Lipinski definition) is 3. The van der Waals surface area contributed by atoms with Crippen LogP contribution in [-0.4, -0.2) is 29.8 Å². The SMILES string of the molecule is COc1cc(C2C=IC2)cc(OC)c1OC. The van der Waals surface area contributed by atoms with Gasteiger partial charge in [0.2, 0.25) is 5.75 Å². The molecule has 16 heavy (non-hydrogen) atoms. The van der Waals surface area contributed by atoms with E-state index in [1.165, 1.54) is 9.99 Å². The lowest BCUT2D eigenvalue weighted by Crippen LogP contribution is -2.09. The van der Waals surface area contributed by atoms with Crippen molar-refractivity contribution in [1.29, 1.82) is 0 Å². The van der Waals surface area contributed by atoms with Crippen LogP contribution >= 0.6 is 20.7 Å². The van der Waals surface area contributed by atoms with Crippen molar-refractivity contribution in [3.63, 3.8) is 0 Å². The van der Waals surface area contributed by atoms with Gasteiger partial charge in [0.25, 0.3) is 0 Å². The quantitative estimate of drug-likeness (QED) is 0.626. The predicted molar refractivity (Wildman–Crippen MR) is 73.8 cm³/mol. The van der Waals surface area contributed by atoms with Crippen molar-refractivity contribution in [2.45, 2.75) is 5.92 Å². The van der Waals surface area contributed by atoms with Crippen LogP contribution in [0.2, 0.25) is 0 Å².